The van der Waals surface area contributed by atoms with Crippen LogP contribution in [0, 0.1) is 0 Å². The topological polar surface area (TPSA) is 43.8 Å². The zero-order valence-electron chi connectivity index (χ0n) is 16.6. The molecule has 1 saturated heterocycles. The van der Waals surface area contributed by atoms with E-state index in [-0.39, 0.29) is 0 Å². The van der Waals surface area contributed by atoms with Crippen LogP contribution in [-0.4, -0.2) is 39.6 Å². The van der Waals surface area contributed by atoms with Crippen molar-refractivity contribution in [3.8, 4) is 0 Å². The van der Waals surface area contributed by atoms with Gasteiger partial charge >= 0.3 is 6.09 Å². The fraction of sp³-hybridized carbons (Fsp3) is 0.435. The van der Waals surface area contributed by atoms with Gasteiger partial charge in [0.25, 0.3) is 0 Å². The lowest BCUT2D eigenvalue weighted by Crippen LogP contribution is -2.44. The first-order valence-corrected chi connectivity index (χ1v) is 9.68. The van der Waals surface area contributed by atoms with E-state index in [1.807, 2.05) is 20.8 Å². The Bertz CT molecular complexity index is 750. The normalized spacial score (nSPS) is 17.8. The van der Waals surface area contributed by atoms with Gasteiger partial charge in [0.05, 0.1) is 0 Å². The van der Waals surface area contributed by atoms with Crippen LogP contribution in [0.25, 0.3) is 0 Å². The molecule has 4 nitrogen and oxygen atoms in total. The second-order valence-corrected chi connectivity index (χ2v) is 8.49. The molecular formula is C23H30N2O2. The molecule has 0 aromatic heterocycles. The minimum absolute atomic E-state index is 0.409. The third-order valence-electron chi connectivity index (χ3n) is 5.35. The Labute approximate surface area is 162 Å². The van der Waals surface area contributed by atoms with E-state index in [1.54, 1.807) is 0 Å². The number of rotatable bonds is 5. The second-order valence-electron chi connectivity index (χ2n) is 8.49. The van der Waals surface area contributed by atoms with Gasteiger partial charge in [-0.05, 0) is 56.3 Å². The summed E-state index contributed by atoms with van der Waals surface area (Å²) in [7, 11) is 0. The summed E-state index contributed by atoms with van der Waals surface area (Å²) in [5.74, 6) is 0.556. The zero-order chi connectivity index (χ0) is 19.4. The van der Waals surface area contributed by atoms with Crippen molar-refractivity contribution in [3.63, 3.8) is 0 Å². The van der Waals surface area contributed by atoms with Gasteiger partial charge in [-0.15, -0.1) is 0 Å². The van der Waals surface area contributed by atoms with E-state index in [4.69, 9.17) is 0 Å². The van der Waals surface area contributed by atoms with Crippen LogP contribution in [0.15, 0.2) is 54.6 Å². The van der Waals surface area contributed by atoms with Crippen LogP contribution < -0.4 is 0 Å². The molecule has 144 valence electrons. The first-order chi connectivity index (χ1) is 12.8. The van der Waals surface area contributed by atoms with E-state index in [0.717, 1.165) is 25.2 Å². The predicted octanol–water partition coefficient (Wildman–Crippen LogP) is 4.95. The summed E-state index contributed by atoms with van der Waals surface area (Å²) in [6.45, 7) is 9.41. The summed E-state index contributed by atoms with van der Waals surface area (Å²) < 4.78 is 0. The standard InChI is InChI=1S/C23H30N2O2/c1-23(2,3)25(22(26)27)16-19-9-11-20(12-10-19)21-13-14-24(17-21)15-18-7-5-4-6-8-18/h4-12,21H,13-17H2,1-3H3,(H,26,27). The molecule has 1 unspecified atom stereocenters. The van der Waals surface area contributed by atoms with Gasteiger partial charge in [0, 0.05) is 25.2 Å². The molecule has 0 radical (unpaired) electrons. The lowest BCUT2D eigenvalue weighted by Gasteiger charge is -2.33. The second kappa shape index (κ2) is 8.13. The molecule has 1 aliphatic heterocycles. The maximum atomic E-state index is 11.5. The molecule has 1 heterocycles. The first kappa shape index (κ1) is 19.4. The molecular weight excluding hydrogens is 336 g/mol. The van der Waals surface area contributed by atoms with Crippen LogP contribution in [0.2, 0.25) is 0 Å². The Kier molecular flexibility index (Phi) is 5.85. The van der Waals surface area contributed by atoms with Gasteiger partial charge in [0.1, 0.15) is 0 Å². The number of hydrogen-bond acceptors (Lipinski definition) is 2. The lowest BCUT2D eigenvalue weighted by atomic mass is 9.97. The first-order valence-electron chi connectivity index (χ1n) is 9.68. The molecule has 27 heavy (non-hydrogen) atoms. The van der Waals surface area contributed by atoms with E-state index in [2.05, 4.69) is 59.5 Å². The van der Waals surface area contributed by atoms with Crippen molar-refractivity contribution >= 4 is 6.09 Å². The van der Waals surface area contributed by atoms with Gasteiger partial charge in [-0.3, -0.25) is 9.80 Å². The van der Waals surface area contributed by atoms with Gasteiger partial charge in [0.2, 0.25) is 0 Å². The third-order valence-corrected chi connectivity index (χ3v) is 5.35. The highest BCUT2D eigenvalue weighted by Gasteiger charge is 2.27. The summed E-state index contributed by atoms with van der Waals surface area (Å²) in [6.07, 6.45) is 0.300. The number of hydrogen-bond donors (Lipinski definition) is 1. The van der Waals surface area contributed by atoms with Gasteiger partial charge in [0.15, 0.2) is 0 Å². The molecule has 3 rings (SSSR count). The number of carboxylic acid groups (broad SMARTS) is 1. The van der Waals surface area contributed by atoms with Crippen LogP contribution >= 0.6 is 0 Å². The summed E-state index contributed by atoms with van der Waals surface area (Å²) >= 11 is 0. The van der Waals surface area contributed by atoms with Gasteiger partial charge < -0.3 is 5.11 Å². The van der Waals surface area contributed by atoms with Crippen LogP contribution in [0.5, 0.6) is 0 Å². The van der Waals surface area contributed by atoms with Crippen molar-refractivity contribution in [3.05, 3.63) is 71.3 Å². The van der Waals surface area contributed by atoms with Gasteiger partial charge in [-0.25, -0.2) is 4.79 Å². The SMILES string of the molecule is CC(C)(C)N(Cc1ccc(C2CCN(Cc3ccccc3)C2)cc1)C(=O)O. The Morgan fingerprint density at radius 1 is 1.07 bits per heavy atom. The van der Waals surface area contributed by atoms with Gasteiger partial charge in [-0.2, -0.15) is 0 Å². The molecule has 1 N–H and O–H groups in total. The summed E-state index contributed by atoms with van der Waals surface area (Å²) in [5, 5.41) is 9.47. The smallest absolute Gasteiger partial charge is 0.408 e. The summed E-state index contributed by atoms with van der Waals surface area (Å²) in [5.41, 5.74) is 3.35. The van der Waals surface area contributed by atoms with E-state index in [0.29, 0.717) is 12.5 Å². The Hall–Kier alpha value is -2.33. The predicted molar refractivity (Wildman–Crippen MR) is 109 cm³/mol. The van der Waals surface area contributed by atoms with Crippen LogP contribution in [-0.2, 0) is 13.1 Å². The molecule has 0 saturated carbocycles. The van der Waals surface area contributed by atoms with Crippen LogP contribution in [0.3, 0.4) is 0 Å². The third kappa shape index (κ3) is 5.10. The minimum Gasteiger partial charge on any atom is -0.465 e. The average Bonchev–Trinajstić information content (AvgIpc) is 3.08. The van der Waals surface area contributed by atoms with Crippen molar-refractivity contribution in [2.75, 3.05) is 13.1 Å². The average molecular weight is 367 g/mol. The summed E-state index contributed by atoms with van der Waals surface area (Å²) in [4.78, 5) is 15.5. The van der Waals surface area contributed by atoms with E-state index >= 15 is 0 Å². The molecule has 2 aromatic rings. The number of likely N-dealkylation sites (tertiary alicyclic amines) is 1. The highest BCUT2D eigenvalue weighted by Crippen LogP contribution is 2.29. The highest BCUT2D eigenvalue weighted by molar-refractivity contribution is 5.66. The molecule has 1 amide bonds. The van der Waals surface area contributed by atoms with E-state index < -0.39 is 11.6 Å². The number of nitrogens with zero attached hydrogens (tertiary/aromatic N) is 2. The molecule has 2 aromatic carbocycles. The molecule has 1 atom stereocenters. The highest BCUT2D eigenvalue weighted by atomic mass is 16.4. The maximum Gasteiger partial charge on any atom is 0.408 e. The van der Waals surface area contributed by atoms with E-state index in [9.17, 15) is 9.90 Å². The lowest BCUT2D eigenvalue weighted by molar-refractivity contribution is 0.0955. The fourth-order valence-electron chi connectivity index (χ4n) is 3.76. The molecule has 0 aliphatic carbocycles. The van der Waals surface area contributed by atoms with Crippen molar-refractivity contribution in [2.45, 2.75) is 51.7 Å². The molecule has 4 heteroatoms. The van der Waals surface area contributed by atoms with Gasteiger partial charge in [-0.1, -0.05) is 54.6 Å². The number of carbonyl (C=O) groups is 1. The molecule has 0 bridgehead atoms. The molecule has 1 aliphatic rings. The Morgan fingerprint density at radius 2 is 1.74 bits per heavy atom. The maximum absolute atomic E-state index is 11.5. The number of benzene rings is 2. The van der Waals surface area contributed by atoms with Crippen LogP contribution in [0.4, 0.5) is 4.79 Å². The largest absolute Gasteiger partial charge is 0.465 e. The molecule has 1 fully saturated rings. The fourth-order valence-corrected chi connectivity index (χ4v) is 3.76. The number of amides is 1. The van der Waals surface area contributed by atoms with Crippen molar-refractivity contribution in [2.24, 2.45) is 0 Å². The van der Waals surface area contributed by atoms with Crippen molar-refractivity contribution in [1.29, 1.82) is 0 Å². The monoisotopic (exact) mass is 366 g/mol. The zero-order valence-corrected chi connectivity index (χ0v) is 16.6. The van der Waals surface area contributed by atoms with Crippen molar-refractivity contribution in [1.82, 2.24) is 9.80 Å². The Morgan fingerprint density at radius 3 is 2.33 bits per heavy atom. The Balaban J connectivity index is 1.60. The summed E-state index contributed by atoms with van der Waals surface area (Å²) in [6, 6.07) is 19.1. The van der Waals surface area contributed by atoms with E-state index in [1.165, 1.54) is 22.4 Å². The van der Waals surface area contributed by atoms with Crippen molar-refractivity contribution < 1.29 is 9.90 Å². The quantitative estimate of drug-likeness (QED) is 0.814. The molecule has 0 spiro atoms. The minimum atomic E-state index is -0.876. The van der Waals surface area contributed by atoms with Crippen LogP contribution in [0.1, 0.15) is 49.8 Å².